The number of aryl methyl sites for hydroxylation is 1. The number of ether oxygens (including phenoxy) is 1. The highest BCUT2D eigenvalue weighted by atomic mass is 79.9. The van der Waals surface area contributed by atoms with Crippen molar-refractivity contribution in [2.45, 2.75) is 20.0 Å². The van der Waals surface area contributed by atoms with E-state index in [-0.39, 0.29) is 6.42 Å². The van der Waals surface area contributed by atoms with E-state index < -0.39 is 11.8 Å². The topological polar surface area (TPSA) is 79.8 Å². The highest BCUT2D eigenvalue weighted by Crippen LogP contribution is 2.27. The van der Waals surface area contributed by atoms with E-state index in [1.54, 1.807) is 24.3 Å². The lowest BCUT2D eigenvalue weighted by Gasteiger charge is -2.10. The van der Waals surface area contributed by atoms with Crippen LogP contribution in [0.25, 0.3) is 0 Å². The zero-order valence-corrected chi connectivity index (χ0v) is 19.6. The fourth-order valence-corrected chi connectivity index (χ4v) is 3.39. The van der Waals surface area contributed by atoms with Crippen molar-refractivity contribution in [3.05, 3.63) is 92.9 Å². The highest BCUT2D eigenvalue weighted by molar-refractivity contribution is 9.10. The van der Waals surface area contributed by atoms with E-state index in [4.69, 9.17) is 16.3 Å². The molecule has 3 rings (SSSR count). The van der Waals surface area contributed by atoms with Crippen molar-refractivity contribution < 1.29 is 14.3 Å². The zero-order valence-electron chi connectivity index (χ0n) is 17.3. The molecule has 0 fully saturated rings. The van der Waals surface area contributed by atoms with Gasteiger partial charge in [-0.3, -0.25) is 9.59 Å². The van der Waals surface area contributed by atoms with Crippen molar-refractivity contribution in [1.82, 2.24) is 5.43 Å². The molecule has 6 nitrogen and oxygen atoms in total. The van der Waals surface area contributed by atoms with E-state index in [1.807, 2.05) is 49.4 Å². The number of nitrogens with zero attached hydrogens (tertiary/aromatic N) is 1. The molecule has 0 aliphatic rings. The number of anilines is 1. The number of rotatable bonds is 8. The van der Waals surface area contributed by atoms with E-state index in [1.165, 1.54) is 6.21 Å². The molecule has 0 saturated heterocycles. The van der Waals surface area contributed by atoms with Crippen LogP contribution in [0.2, 0.25) is 5.02 Å². The van der Waals surface area contributed by atoms with Gasteiger partial charge in [0, 0.05) is 16.3 Å². The Kier molecular flexibility index (Phi) is 8.41. The fourth-order valence-electron chi connectivity index (χ4n) is 2.69. The van der Waals surface area contributed by atoms with Gasteiger partial charge in [0.15, 0.2) is 0 Å². The largest absolute Gasteiger partial charge is 0.488 e. The third-order valence-corrected chi connectivity index (χ3v) is 5.34. The summed E-state index contributed by atoms with van der Waals surface area (Å²) in [6, 6.07) is 20.2. The number of hydrogen-bond donors (Lipinski definition) is 2. The van der Waals surface area contributed by atoms with Gasteiger partial charge >= 0.3 is 0 Å². The number of carbonyl (C=O) groups excluding carboxylic acids is 2. The SMILES string of the molecule is Cc1ccc(NC(=O)CC(=O)NN=Cc2ccc(OCc3ccccc3Cl)c(Br)c2)cc1. The quantitative estimate of drug-likeness (QED) is 0.238. The minimum Gasteiger partial charge on any atom is -0.488 e. The Morgan fingerprint density at radius 3 is 2.53 bits per heavy atom. The Labute approximate surface area is 199 Å². The predicted octanol–water partition coefficient (Wildman–Crippen LogP) is 5.47. The second kappa shape index (κ2) is 11.5. The molecule has 3 aromatic carbocycles. The first-order valence-corrected chi connectivity index (χ1v) is 10.9. The van der Waals surface area contributed by atoms with Gasteiger partial charge in [-0.25, -0.2) is 5.43 Å². The van der Waals surface area contributed by atoms with Crippen molar-refractivity contribution >= 4 is 51.2 Å². The summed E-state index contributed by atoms with van der Waals surface area (Å²) in [4.78, 5) is 23.9. The Bertz CT molecular complexity index is 1130. The molecular formula is C24H21BrClN3O3. The standard InChI is InChI=1S/C24H21BrClN3O3/c1-16-6-9-19(10-7-16)28-23(30)13-24(31)29-27-14-17-8-11-22(20(25)12-17)32-15-18-4-2-3-5-21(18)26/h2-12,14H,13,15H2,1H3,(H,28,30)(H,29,31). The minimum atomic E-state index is -0.510. The molecule has 0 heterocycles. The summed E-state index contributed by atoms with van der Waals surface area (Å²) < 4.78 is 6.54. The summed E-state index contributed by atoms with van der Waals surface area (Å²) in [6.07, 6.45) is 1.15. The number of amides is 2. The second-order valence-electron chi connectivity index (χ2n) is 6.95. The number of halogens is 2. The van der Waals surface area contributed by atoms with Crippen LogP contribution >= 0.6 is 27.5 Å². The summed E-state index contributed by atoms with van der Waals surface area (Å²) >= 11 is 9.62. The van der Waals surface area contributed by atoms with Crippen molar-refractivity contribution in [2.24, 2.45) is 5.10 Å². The Hall–Kier alpha value is -3.16. The van der Waals surface area contributed by atoms with E-state index in [2.05, 4.69) is 31.8 Å². The normalized spacial score (nSPS) is 10.7. The van der Waals surface area contributed by atoms with Crippen LogP contribution in [-0.2, 0) is 16.2 Å². The summed E-state index contributed by atoms with van der Waals surface area (Å²) in [5.41, 5.74) is 5.71. The Morgan fingerprint density at radius 1 is 1.06 bits per heavy atom. The monoisotopic (exact) mass is 513 g/mol. The molecule has 3 aromatic rings. The molecule has 8 heteroatoms. The van der Waals surface area contributed by atoms with Crippen LogP contribution in [0.3, 0.4) is 0 Å². The Balaban J connectivity index is 1.47. The van der Waals surface area contributed by atoms with Crippen molar-refractivity contribution in [3.8, 4) is 5.75 Å². The van der Waals surface area contributed by atoms with Gasteiger partial charge < -0.3 is 10.1 Å². The zero-order chi connectivity index (χ0) is 22.9. The third-order valence-electron chi connectivity index (χ3n) is 4.36. The lowest BCUT2D eigenvalue weighted by molar-refractivity contribution is -0.126. The van der Waals surface area contributed by atoms with E-state index in [0.717, 1.165) is 21.2 Å². The third kappa shape index (κ3) is 7.21. The van der Waals surface area contributed by atoms with Crippen LogP contribution in [0.4, 0.5) is 5.69 Å². The van der Waals surface area contributed by atoms with Crippen LogP contribution in [0.5, 0.6) is 5.75 Å². The van der Waals surface area contributed by atoms with Gasteiger partial charge in [0.25, 0.3) is 0 Å². The van der Waals surface area contributed by atoms with Crippen LogP contribution in [0, 0.1) is 6.92 Å². The molecule has 0 bridgehead atoms. The van der Waals surface area contributed by atoms with Gasteiger partial charge in [0.2, 0.25) is 11.8 Å². The molecule has 0 radical (unpaired) electrons. The van der Waals surface area contributed by atoms with E-state index >= 15 is 0 Å². The molecule has 0 saturated carbocycles. The first-order chi connectivity index (χ1) is 15.4. The smallest absolute Gasteiger partial charge is 0.249 e. The van der Waals surface area contributed by atoms with E-state index in [0.29, 0.717) is 23.1 Å². The average Bonchev–Trinajstić information content (AvgIpc) is 2.76. The van der Waals surface area contributed by atoms with Gasteiger partial charge in [-0.05, 0) is 64.8 Å². The van der Waals surface area contributed by atoms with Crippen molar-refractivity contribution in [2.75, 3.05) is 5.32 Å². The number of benzene rings is 3. The molecule has 0 aromatic heterocycles. The summed E-state index contributed by atoms with van der Waals surface area (Å²) in [7, 11) is 0. The first-order valence-electron chi connectivity index (χ1n) is 9.75. The van der Waals surface area contributed by atoms with Crippen LogP contribution in [0.1, 0.15) is 23.1 Å². The minimum absolute atomic E-state index is 0.330. The van der Waals surface area contributed by atoms with E-state index in [9.17, 15) is 9.59 Å². The molecule has 2 N–H and O–H groups in total. The van der Waals surface area contributed by atoms with Crippen LogP contribution < -0.4 is 15.5 Å². The maximum atomic E-state index is 12.0. The summed E-state index contributed by atoms with van der Waals surface area (Å²) in [5.74, 6) is -0.271. The maximum absolute atomic E-state index is 12.0. The average molecular weight is 515 g/mol. The van der Waals surface area contributed by atoms with Gasteiger partial charge in [-0.15, -0.1) is 0 Å². The van der Waals surface area contributed by atoms with Gasteiger partial charge in [0.1, 0.15) is 18.8 Å². The molecule has 0 spiro atoms. The predicted molar refractivity (Wildman–Crippen MR) is 130 cm³/mol. The lowest BCUT2D eigenvalue weighted by atomic mass is 10.2. The lowest BCUT2D eigenvalue weighted by Crippen LogP contribution is -2.24. The molecule has 2 amide bonds. The second-order valence-corrected chi connectivity index (χ2v) is 8.22. The number of carbonyl (C=O) groups is 2. The molecule has 0 unspecified atom stereocenters. The van der Waals surface area contributed by atoms with Crippen molar-refractivity contribution in [3.63, 3.8) is 0 Å². The molecule has 0 atom stereocenters. The molecule has 164 valence electrons. The maximum Gasteiger partial charge on any atom is 0.249 e. The fraction of sp³-hybridized carbons (Fsp3) is 0.125. The highest BCUT2D eigenvalue weighted by Gasteiger charge is 2.09. The first kappa shape index (κ1) is 23.5. The number of nitrogens with one attached hydrogen (secondary N) is 2. The summed E-state index contributed by atoms with van der Waals surface area (Å²) in [6.45, 7) is 2.29. The number of hydrogen-bond acceptors (Lipinski definition) is 4. The van der Waals surface area contributed by atoms with Gasteiger partial charge in [-0.1, -0.05) is 47.5 Å². The molecule has 0 aliphatic heterocycles. The van der Waals surface area contributed by atoms with Gasteiger partial charge in [0.05, 0.1) is 10.7 Å². The molecule has 0 aliphatic carbocycles. The Morgan fingerprint density at radius 2 is 1.81 bits per heavy atom. The molecular weight excluding hydrogens is 494 g/mol. The van der Waals surface area contributed by atoms with Crippen LogP contribution in [0.15, 0.2) is 76.3 Å². The van der Waals surface area contributed by atoms with Crippen molar-refractivity contribution in [1.29, 1.82) is 0 Å². The summed E-state index contributed by atoms with van der Waals surface area (Å²) in [5, 5.41) is 7.22. The van der Waals surface area contributed by atoms with Gasteiger partial charge in [-0.2, -0.15) is 5.10 Å². The van der Waals surface area contributed by atoms with Crippen LogP contribution in [-0.4, -0.2) is 18.0 Å². The number of hydrazone groups is 1. The molecule has 32 heavy (non-hydrogen) atoms.